The predicted molar refractivity (Wildman–Crippen MR) is 88.8 cm³/mol. The number of aryl methyl sites for hydroxylation is 2. The van der Waals surface area contributed by atoms with Crippen molar-refractivity contribution in [2.24, 2.45) is 0 Å². The second-order valence-corrected chi connectivity index (χ2v) is 6.90. The van der Waals surface area contributed by atoms with Gasteiger partial charge < -0.3 is 5.32 Å². The van der Waals surface area contributed by atoms with Crippen molar-refractivity contribution in [1.82, 2.24) is 9.97 Å². The molecule has 124 valence electrons. The van der Waals surface area contributed by atoms with Crippen molar-refractivity contribution < 1.29 is 13.2 Å². The molecule has 0 saturated heterocycles. The third-order valence-electron chi connectivity index (χ3n) is 4.23. The third kappa shape index (κ3) is 2.73. The van der Waals surface area contributed by atoms with Gasteiger partial charge in [0.2, 0.25) is 0 Å². The maximum Gasteiger partial charge on any atom is 0.416 e. The van der Waals surface area contributed by atoms with Crippen LogP contribution in [0.5, 0.6) is 0 Å². The third-order valence-corrected chi connectivity index (χ3v) is 5.43. The van der Waals surface area contributed by atoms with Gasteiger partial charge in [0, 0.05) is 10.6 Å². The van der Waals surface area contributed by atoms with E-state index >= 15 is 0 Å². The van der Waals surface area contributed by atoms with E-state index in [-0.39, 0.29) is 0 Å². The first kappa shape index (κ1) is 15.4. The molecule has 24 heavy (non-hydrogen) atoms. The van der Waals surface area contributed by atoms with E-state index in [1.54, 1.807) is 11.3 Å². The average molecular weight is 349 g/mol. The van der Waals surface area contributed by atoms with Gasteiger partial charge in [-0.2, -0.15) is 13.2 Å². The molecule has 4 rings (SSSR count). The number of aromatic nitrogens is 2. The highest BCUT2D eigenvalue weighted by Gasteiger charge is 2.30. The summed E-state index contributed by atoms with van der Waals surface area (Å²) in [6, 6.07) is 5.00. The zero-order chi connectivity index (χ0) is 16.7. The zero-order valence-electron chi connectivity index (χ0n) is 12.7. The fraction of sp³-hybridized carbons (Fsp3) is 0.294. The van der Waals surface area contributed by atoms with E-state index in [4.69, 9.17) is 0 Å². The van der Waals surface area contributed by atoms with Crippen molar-refractivity contribution in [1.29, 1.82) is 0 Å². The molecule has 0 amide bonds. The van der Waals surface area contributed by atoms with Crippen molar-refractivity contribution >= 4 is 33.1 Å². The average Bonchev–Trinajstić information content (AvgIpc) is 2.94. The van der Waals surface area contributed by atoms with Crippen LogP contribution in [0.25, 0.3) is 10.2 Å². The normalized spacial score (nSPS) is 14.6. The van der Waals surface area contributed by atoms with Gasteiger partial charge in [0.05, 0.1) is 10.9 Å². The second-order valence-electron chi connectivity index (χ2n) is 5.81. The van der Waals surface area contributed by atoms with Crippen LogP contribution in [-0.4, -0.2) is 9.97 Å². The number of hydrogen-bond donors (Lipinski definition) is 1. The Morgan fingerprint density at radius 3 is 2.50 bits per heavy atom. The highest BCUT2D eigenvalue weighted by molar-refractivity contribution is 7.19. The standard InChI is InChI=1S/C17H14F3N3S/c18-17(19,20)10-5-7-11(8-6-10)23-15-14-12-3-1-2-4-13(12)24-16(14)22-9-21-15/h5-9H,1-4H2,(H,21,22,23). The summed E-state index contributed by atoms with van der Waals surface area (Å²) < 4.78 is 38.0. The van der Waals surface area contributed by atoms with Crippen molar-refractivity contribution in [2.45, 2.75) is 31.9 Å². The van der Waals surface area contributed by atoms with Crippen LogP contribution in [0, 0.1) is 0 Å². The summed E-state index contributed by atoms with van der Waals surface area (Å²) in [5.74, 6) is 0.666. The molecule has 1 aliphatic rings. The van der Waals surface area contributed by atoms with Crippen LogP contribution >= 0.6 is 11.3 Å². The number of halogens is 3. The summed E-state index contributed by atoms with van der Waals surface area (Å²) in [6.07, 6.45) is 1.58. The van der Waals surface area contributed by atoms with Crippen molar-refractivity contribution in [2.75, 3.05) is 5.32 Å². The Hall–Kier alpha value is -2.15. The number of anilines is 2. The summed E-state index contributed by atoms with van der Waals surface area (Å²) in [7, 11) is 0. The van der Waals surface area contributed by atoms with Gasteiger partial charge in [-0.3, -0.25) is 0 Å². The Labute approximate surface area is 140 Å². The largest absolute Gasteiger partial charge is 0.416 e. The molecule has 0 spiro atoms. The lowest BCUT2D eigenvalue weighted by Gasteiger charge is -2.13. The van der Waals surface area contributed by atoms with E-state index in [1.165, 1.54) is 35.3 Å². The lowest BCUT2D eigenvalue weighted by Crippen LogP contribution is -2.05. The molecule has 7 heteroatoms. The Morgan fingerprint density at radius 1 is 1.00 bits per heavy atom. The minimum atomic E-state index is -4.33. The number of alkyl halides is 3. The van der Waals surface area contributed by atoms with E-state index in [0.717, 1.165) is 41.6 Å². The van der Waals surface area contributed by atoms with Crippen molar-refractivity contribution in [3.8, 4) is 0 Å². The molecule has 1 aliphatic carbocycles. The van der Waals surface area contributed by atoms with Crippen LogP contribution in [0.1, 0.15) is 28.8 Å². The molecule has 0 bridgehead atoms. The minimum Gasteiger partial charge on any atom is -0.340 e. The van der Waals surface area contributed by atoms with E-state index in [0.29, 0.717) is 11.5 Å². The number of hydrogen-bond acceptors (Lipinski definition) is 4. The molecule has 0 unspecified atom stereocenters. The summed E-state index contributed by atoms with van der Waals surface area (Å²) in [5, 5.41) is 4.16. The Bertz CT molecular complexity index is 884. The smallest absolute Gasteiger partial charge is 0.340 e. The molecule has 3 aromatic rings. The lowest BCUT2D eigenvalue weighted by atomic mass is 9.97. The van der Waals surface area contributed by atoms with Gasteiger partial charge in [0.1, 0.15) is 17.0 Å². The molecule has 2 heterocycles. The fourth-order valence-electron chi connectivity index (χ4n) is 3.06. The van der Waals surface area contributed by atoms with Gasteiger partial charge in [0.25, 0.3) is 0 Å². The first-order valence-electron chi connectivity index (χ1n) is 7.72. The van der Waals surface area contributed by atoms with Gasteiger partial charge in [-0.25, -0.2) is 9.97 Å². The SMILES string of the molecule is FC(F)(F)c1ccc(Nc2ncnc3sc4c(c23)CCCC4)cc1. The lowest BCUT2D eigenvalue weighted by molar-refractivity contribution is -0.137. The number of nitrogens with zero attached hydrogens (tertiary/aromatic N) is 2. The van der Waals surface area contributed by atoms with E-state index in [9.17, 15) is 13.2 Å². The van der Waals surface area contributed by atoms with E-state index in [2.05, 4.69) is 15.3 Å². The predicted octanol–water partition coefficient (Wildman–Crippen LogP) is 5.33. The molecule has 0 aliphatic heterocycles. The van der Waals surface area contributed by atoms with Crippen LogP contribution in [0.4, 0.5) is 24.7 Å². The molecule has 1 aromatic carbocycles. The van der Waals surface area contributed by atoms with Crippen LogP contribution in [0.2, 0.25) is 0 Å². The number of nitrogens with one attached hydrogen (secondary N) is 1. The molecule has 0 atom stereocenters. The Balaban J connectivity index is 1.71. The molecule has 0 radical (unpaired) electrons. The van der Waals surface area contributed by atoms with Gasteiger partial charge in [0.15, 0.2) is 0 Å². The topological polar surface area (TPSA) is 37.8 Å². The highest BCUT2D eigenvalue weighted by Crippen LogP contribution is 2.39. The molecular weight excluding hydrogens is 335 g/mol. The van der Waals surface area contributed by atoms with Crippen LogP contribution in [0.3, 0.4) is 0 Å². The van der Waals surface area contributed by atoms with Crippen LogP contribution in [-0.2, 0) is 19.0 Å². The van der Waals surface area contributed by atoms with Gasteiger partial charge in [-0.05, 0) is 55.5 Å². The first-order valence-corrected chi connectivity index (χ1v) is 8.53. The molecule has 0 saturated carbocycles. The first-order chi connectivity index (χ1) is 11.5. The van der Waals surface area contributed by atoms with Gasteiger partial charge in [-0.15, -0.1) is 11.3 Å². The maximum atomic E-state index is 12.7. The van der Waals surface area contributed by atoms with Gasteiger partial charge in [-0.1, -0.05) is 0 Å². The quantitative estimate of drug-likeness (QED) is 0.679. The number of rotatable bonds is 2. The molecule has 0 fully saturated rings. The number of thiophene rings is 1. The van der Waals surface area contributed by atoms with Crippen LogP contribution < -0.4 is 5.32 Å². The van der Waals surface area contributed by atoms with Crippen LogP contribution in [0.15, 0.2) is 30.6 Å². The molecular formula is C17H14F3N3S. The fourth-order valence-corrected chi connectivity index (χ4v) is 4.29. The zero-order valence-corrected chi connectivity index (χ0v) is 13.5. The summed E-state index contributed by atoms with van der Waals surface area (Å²) >= 11 is 1.69. The minimum absolute atomic E-state index is 0.582. The Kier molecular flexibility index (Phi) is 3.68. The van der Waals surface area contributed by atoms with E-state index < -0.39 is 11.7 Å². The molecule has 1 N–H and O–H groups in total. The second kappa shape index (κ2) is 5.73. The van der Waals surface area contributed by atoms with Gasteiger partial charge >= 0.3 is 6.18 Å². The summed E-state index contributed by atoms with van der Waals surface area (Å²) in [6.45, 7) is 0. The van der Waals surface area contributed by atoms with E-state index in [1.807, 2.05) is 0 Å². The molecule has 2 aromatic heterocycles. The highest BCUT2D eigenvalue weighted by atomic mass is 32.1. The monoisotopic (exact) mass is 349 g/mol. The van der Waals surface area contributed by atoms with Crippen molar-refractivity contribution in [3.05, 3.63) is 46.6 Å². The number of benzene rings is 1. The Morgan fingerprint density at radius 2 is 1.75 bits per heavy atom. The van der Waals surface area contributed by atoms with Crippen molar-refractivity contribution in [3.63, 3.8) is 0 Å². The summed E-state index contributed by atoms with van der Waals surface area (Å²) in [5.41, 5.74) is 1.21. The molecule has 3 nitrogen and oxygen atoms in total. The number of fused-ring (bicyclic) bond motifs is 3. The maximum absolute atomic E-state index is 12.7. The summed E-state index contributed by atoms with van der Waals surface area (Å²) in [4.78, 5) is 11.0.